The molecule has 8 nitrogen and oxygen atoms in total. The summed E-state index contributed by atoms with van der Waals surface area (Å²) in [7, 11) is 1.58. The molecule has 2 aliphatic rings. The molecule has 0 unspecified atom stereocenters. The minimum Gasteiger partial charge on any atom is -0.493 e. The lowest BCUT2D eigenvalue weighted by molar-refractivity contribution is -0.139. The summed E-state index contributed by atoms with van der Waals surface area (Å²) in [4.78, 5) is 34.8. The van der Waals surface area contributed by atoms with E-state index in [2.05, 4.69) is 35.0 Å². The molecule has 0 aliphatic carbocycles. The molecule has 210 valence electrons. The third-order valence-electron chi connectivity index (χ3n) is 7.29. The largest absolute Gasteiger partial charge is 0.493 e. The van der Waals surface area contributed by atoms with Gasteiger partial charge >= 0.3 is 5.97 Å². The first-order chi connectivity index (χ1) is 19.4. The number of carbonyl (C=O) groups is 1. The van der Waals surface area contributed by atoms with Crippen LogP contribution >= 0.6 is 11.3 Å². The summed E-state index contributed by atoms with van der Waals surface area (Å²) >= 11 is 1.32. The number of anilines is 1. The van der Waals surface area contributed by atoms with Crippen molar-refractivity contribution < 1.29 is 19.0 Å². The van der Waals surface area contributed by atoms with E-state index in [1.807, 2.05) is 25.1 Å². The highest BCUT2D eigenvalue weighted by Gasteiger charge is 2.34. The van der Waals surface area contributed by atoms with Crippen LogP contribution in [0.15, 0.2) is 57.5 Å². The van der Waals surface area contributed by atoms with E-state index in [4.69, 9.17) is 14.2 Å². The molecule has 0 spiro atoms. The summed E-state index contributed by atoms with van der Waals surface area (Å²) in [5, 5.41) is 0. The van der Waals surface area contributed by atoms with Gasteiger partial charge in [-0.3, -0.25) is 9.36 Å². The molecule has 3 heterocycles. The number of fused-ring (bicyclic) bond motifs is 1. The molecule has 0 amide bonds. The smallest absolute Gasteiger partial charge is 0.338 e. The van der Waals surface area contributed by atoms with Crippen LogP contribution in [-0.4, -0.2) is 43.9 Å². The van der Waals surface area contributed by atoms with Gasteiger partial charge in [0.05, 0.1) is 42.2 Å². The monoisotopic (exact) mass is 561 g/mol. The average molecular weight is 562 g/mol. The molecule has 40 heavy (non-hydrogen) atoms. The van der Waals surface area contributed by atoms with E-state index >= 15 is 0 Å². The number of nitrogens with zero attached hydrogens (tertiary/aromatic N) is 3. The second-order valence-electron chi connectivity index (χ2n) is 9.89. The van der Waals surface area contributed by atoms with Crippen molar-refractivity contribution in [3.8, 4) is 11.5 Å². The van der Waals surface area contributed by atoms with E-state index in [0.29, 0.717) is 44.3 Å². The molecule has 0 radical (unpaired) electrons. The summed E-state index contributed by atoms with van der Waals surface area (Å²) in [6, 6.07) is 11.1. The zero-order chi connectivity index (χ0) is 28.4. The van der Waals surface area contributed by atoms with Crippen LogP contribution in [-0.2, 0) is 9.53 Å². The lowest BCUT2D eigenvalue weighted by Gasteiger charge is -2.25. The molecule has 1 saturated heterocycles. The van der Waals surface area contributed by atoms with Crippen molar-refractivity contribution in [2.24, 2.45) is 4.99 Å². The second-order valence-corrected chi connectivity index (χ2v) is 10.9. The van der Waals surface area contributed by atoms with Crippen LogP contribution in [0, 0.1) is 6.92 Å². The molecule has 9 heteroatoms. The molecule has 0 N–H and O–H groups in total. The Morgan fingerprint density at radius 1 is 1.07 bits per heavy atom. The minimum atomic E-state index is -0.721. The third-order valence-corrected chi connectivity index (χ3v) is 8.27. The van der Waals surface area contributed by atoms with Crippen molar-refractivity contribution in [1.29, 1.82) is 0 Å². The number of hydrogen-bond donors (Lipinski definition) is 0. The summed E-state index contributed by atoms with van der Waals surface area (Å²) < 4.78 is 18.8. The van der Waals surface area contributed by atoms with Crippen molar-refractivity contribution in [3.05, 3.63) is 84.0 Å². The quantitative estimate of drug-likeness (QED) is 0.385. The van der Waals surface area contributed by atoms with Gasteiger partial charge in [0.1, 0.15) is 0 Å². The topological polar surface area (TPSA) is 82.4 Å². The Kier molecular flexibility index (Phi) is 8.12. The van der Waals surface area contributed by atoms with Crippen molar-refractivity contribution in [2.45, 2.75) is 46.6 Å². The molecule has 2 aromatic carbocycles. The maximum atomic E-state index is 14.0. The highest BCUT2D eigenvalue weighted by Crippen LogP contribution is 2.36. The highest BCUT2D eigenvalue weighted by atomic mass is 32.1. The predicted molar refractivity (Wildman–Crippen MR) is 157 cm³/mol. The second kappa shape index (κ2) is 11.7. The SMILES string of the molecule is CCOC(=O)C1=C(C)N=c2s/c(=C/c3ccc(N4CCCC4)c(C)c3)c(=O)n2[C@H]1c1ccc(OC)c(OCC)c1. The maximum absolute atomic E-state index is 14.0. The van der Waals surface area contributed by atoms with E-state index in [0.717, 1.165) is 18.7 Å². The maximum Gasteiger partial charge on any atom is 0.338 e. The van der Waals surface area contributed by atoms with Crippen LogP contribution in [0.25, 0.3) is 6.08 Å². The van der Waals surface area contributed by atoms with Gasteiger partial charge in [0, 0.05) is 18.8 Å². The summed E-state index contributed by atoms with van der Waals surface area (Å²) in [6.07, 6.45) is 4.35. The van der Waals surface area contributed by atoms with Crippen LogP contribution in [0.2, 0.25) is 0 Å². The number of rotatable bonds is 8. The summed E-state index contributed by atoms with van der Waals surface area (Å²) in [5.74, 6) is 0.616. The number of carbonyl (C=O) groups excluding carboxylic acids is 1. The van der Waals surface area contributed by atoms with Gasteiger partial charge in [-0.1, -0.05) is 23.5 Å². The molecule has 1 fully saturated rings. The minimum absolute atomic E-state index is 0.210. The summed E-state index contributed by atoms with van der Waals surface area (Å²) in [6.45, 7) is 10.4. The van der Waals surface area contributed by atoms with E-state index < -0.39 is 12.0 Å². The molecular formula is C31H35N3O5S. The molecule has 1 aromatic heterocycles. The van der Waals surface area contributed by atoms with Crippen molar-refractivity contribution >= 4 is 29.1 Å². The molecular weight excluding hydrogens is 526 g/mol. The number of ether oxygens (including phenoxy) is 3. The van der Waals surface area contributed by atoms with Crippen LogP contribution in [0.1, 0.15) is 56.3 Å². The van der Waals surface area contributed by atoms with E-state index in [1.165, 1.54) is 35.4 Å². The van der Waals surface area contributed by atoms with Gasteiger partial charge < -0.3 is 19.1 Å². The van der Waals surface area contributed by atoms with Gasteiger partial charge in [-0.05, 0) is 87.6 Å². The van der Waals surface area contributed by atoms with Gasteiger partial charge in [-0.15, -0.1) is 0 Å². The number of hydrogen-bond acceptors (Lipinski definition) is 8. The molecule has 1 atom stereocenters. The lowest BCUT2D eigenvalue weighted by Crippen LogP contribution is -2.40. The van der Waals surface area contributed by atoms with Crippen molar-refractivity contribution in [3.63, 3.8) is 0 Å². The Hall–Kier alpha value is -3.85. The number of allylic oxidation sites excluding steroid dienone is 1. The molecule has 2 aliphatic heterocycles. The standard InChI is InChI=1S/C31H35N3O5S/c1-6-38-25-18-22(11-13-24(25)37-5)28-27(30(36)39-7-2)20(4)32-31-34(28)29(35)26(40-31)17-21-10-12-23(19(3)16-21)33-14-8-9-15-33/h10-13,16-18,28H,6-9,14-15H2,1-5H3/b26-17+/t28-/m0/s1. The molecule has 5 rings (SSSR count). The number of esters is 1. The van der Waals surface area contributed by atoms with Crippen molar-refractivity contribution in [2.75, 3.05) is 38.3 Å². The van der Waals surface area contributed by atoms with E-state index in [9.17, 15) is 9.59 Å². The zero-order valence-electron chi connectivity index (χ0n) is 23.7. The first-order valence-corrected chi connectivity index (χ1v) is 14.5. The van der Waals surface area contributed by atoms with Crippen LogP contribution in [0.5, 0.6) is 11.5 Å². The predicted octanol–water partition coefficient (Wildman–Crippen LogP) is 4.11. The van der Waals surface area contributed by atoms with Gasteiger partial charge in [-0.25, -0.2) is 9.79 Å². The van der Waals surface area contributed by atoms with E-state index in [1.54, 1.807) is 31.6 Å². The fourth-order valence-electron chi connectivity index (χ4n) is 5.47. The average Bonchev–Trinajstić information content (AvgIpc) is 3.57. The molecule has 3 aromatic rings. The Labute approximate surface area is 237 Å². The number of thiazole rings is 1. The van der Waals surface area contributed by atoms with Crippen LogP contribution < -0.4 is 29.3 Å². The van der Waals surface area contributed by atoms with Gasteiger partial charge in [0.2, 0.25) is 0 Å². The number of aryl methyl sites for hydroxylation is 1. The third kappa shape index (κ3) is 5.18. The zero-order valence-corrected chi connectivity index (χ0v) is 24.5. The Balaban J connectivity index is 1.65. The Bertz CT molecular complexity index is 1650. The van der Waals surface area contributed by atoms with Crippen LogP contribution in [0.4, 0.5) is 5.69 Å². The first kappa shape index (κ1) is 27.7. The highest BCUT2D eigenvalue weighted by molar-refractivity contribution is 7.07. The van der Waals surface area contributed by atoms with E-state index in [-0.39, 0.29) is 12.2 Å². The number of aromatic nitrogens is 1. The fourth-order valence-corrected chi connectivity index (χ4v) is 6.52. The van der Waals surface area contributed by atoms with Gasteiger partial charge in [0.25, 0.3) is 5.56 Å². The fraction of sp³-hybridized carbons (Fsp3) is 0.387. The Morgan fingerprint density at radius 3 is 2.52 bits per heavy atom. The number of benzene rings is 2. The molecule has 0 saturated carbocycles. The first-order valence-electron chi connectivity index (χ1n) is 13.7. The van der Waals surface area contributed by atoms with Crippen molar-refractivity contribution in [1.82, 2.24) is 4.57 Å². The Morgan fingerprint density at radius 2 is 1.85 bits per heavy atom. The van der Waals surface area contributed by atoms with Crippen LogP contribution in [0.3, 0.4) is 0 Å². The van der Waals surface area contributed by atoms with Gasteiger partial charge in [0.15, 0.2) is 16.3 Å². The normalized spacial score (nSPS) is 17.1. The molecule has 0 bridgehead atoms. The summed E-state index contributed by atoms with van der Waals surface area (Å²) in [5.41, 5.74) is 4.73. The lowest BCUT2D eigenvalue weighted by atomic mass is 9.95. The van der Waals surface area contributed by atoms with Gasteiger partial charge in [-0.2, -0.15) is 0 Å². The number of methoxy groups -OCH3 is 1.